The van der Waals surface area contributed by atoms with Gasteiger partial charge in [-0.2, -0.15) is 0 Å². The lowest BCUT2D eigenvalue weighted by molar-refractivity contribution is -0.384. The molecule has 1 atom stereocenters. The van der Waals surface area contributed by atoms with Gasteiger partial charge in [-0.05, 0) is 44.9 Å². The molecule has 1 aromatic carbocycles. The van der Waals surface area contributed by atoms with Crippen LogP contribution in [0, 0.1) is 10.1 Å². The molecule has 3 rings (SSSR count). The first-order valence-corrected chi connectivity index (χ1v) is 9.19. The molecule has 2 aromatic rings. The van der Waals surface area contributed by atoms with Gasteiger partial charge >= 0.3 is 0 Å². The van der Waals surface area contributed by atoms with Crippen molar-refractivity contribution in [1.29, 1.82) is 0 Å². The smallest absolute Gasteiger partial charge is 0.269 e. The average Bonchev–Trinajstić information content (AvgIpc) is 2.95. The van der Waals surface area contributed by atoms with Crippen LogP contribution in [-0.2, 0) is 11.3 Å². The van der Waals surface area contributed by atoms with Crippen molar-refractivity contribution in [1.82, 2.24) is 14.8 Å². The Morgan fingerprint density at radius 3 is 2.74 bits per heavy atom. The lowest BCUT2D eigenvalue weighted by atomic mass is 10.0. The van der Waals surface area contributed by atoms with Crippen LogP contribution in [0.15, 0.2) is 42.6 Å². The summed E-state index contributed by atoms with van der Waals surface area (Å²) in [4.78, 5) is 25.5. The number of non-ortho nitro benzene ring substituents is 1. The van der Waals surface area contributed by atoms with Gasteiger partial charge < -0.3 is 9.88 Å². The third kappa shape index (κ3) is 4.54. The van der Waals surface area contributed by atoms with Gasteiger partial charge in [0.1, 0.15) is 0 Å². The first-order chi connectivity index (χ1) is 12.7. The number of aromatic nitrogens is 1. The van der Waals surface area contributed by atoms with Gasteiger partial charge in [0.15, 0.2) is 0 Å². The van der Waals surface area contributed by atoms with Crippen LogP contribution in [-0.4, -0.2) is 38.9 Å². The minimum absolute atomic E-state index is 0.0436. The second kappa shape index (κ2) is 7.52. The molecule has 0 aliphatic carbocycles. The van der Waals surface area contributed by atoms with E-state index >= 15 is 0 Å². The zero-order valence-corrected chi connectivity index (χ0v) is 16.0. The summed E-state index contributed by atoms with van der Waals surface area (Å²) in [5.74, 6) is -0.0436. The molecule has 0 bridgehead atoms. The number of carbonyl (C=O) groups excluding carboxylic acids is 1. The molecule has 7 heteroatoms. The van der Waals surface area contributed by atoms with Crippen LogP contribution in [0.1, 0.15) is 44.5 Å². The Hall–Kier alpha value is -2.67. The highest BCUT2D eigenvalue weighted by Crippen LogP contribution is 2.33. The summed E-state index contributed by atoms with van der Waals surface area (Å²) in [6.07, 6.45) is 2.94. The van der Waals surface area contributed by atoms with E-state index in [9.17, 15) is 14.9 Å². The van der Waals surface area contributed by atoms with Gasteiger partial charge in [0.05, 0.1) is 17.5 Å². The zero-order valence-electron chi connectivity index (χ0n) is 16.0. The number of nitro benzene ring substituents is 1. The maximum absolute atomic E-state index is 12.6. The van der Waals surface area contributed by atoms with Crippen molar-refractivity contribution in [3.05, 3.63) is 64.0 Å². The predicted octanol–water partition coefficient (Wildman–Crippen LogP) is 3.11. The third-order valence-electron chi connectivity index (χ3n) is 4.61. The van der Waals surface area contributed by atoms with Gasteiger partial charge in [0.2, 0.25) is 5.91 Å². The molecule has 1 aliphatic rings. The summed E-state index contributed by atoms with van der Waals surface area (Å²) >= 11 is 0. The molecule has 0 saturated heterocycles. The van der Waals surface area contributed by atoms with Crippen LogP contribution < -0.4 is 5.32 Å². The number of amides is 1. The molecule has 27 heavy (non-hydrogen) atoms. The largest absolute Gasteiger partial charge is 0.350 e. The van der Waals surface area contributed by atoms with E-state index in [2.05, 4.69) is 14.8 Å². The fourth-order valence-corrected chi connectivity index (χ4v) is 3.64. The second-order valence-electron chi connectivity index (χ2n) is 8.00. The van der Waals surface area contributed by atoms with Crippen LogP contribution in [0.4, 0.5) is 5.69 Å². The van der Waals surface area contributed by atoms with E-state index in [1.807, 2.05) is 45.2 Å². The van der Waals surface area contributed by atoms with Gasteiger partial charge in [-0.3, -0.25) is 19.8 Å². The van der Waals surface area contributed by atoms with Crippen molar-refractivity contribution >= 4 is 11.6 Å². The number of benzene rings is 1. The molecule has 0 saturated carbocycles. The monoisotopic (exact) mass is 370 g/mol. The first-order valence-electron chi connectivity index (χ1n) is 9.19. The normalized spacial score (nSPS) is 17.8. The van der Waals surface area contributed by atoms with Crippen LogP contribution in [0.3, 0.4) is 0 Å². The molecule has 144 valence electrons. The van der Waals surface area contributed by atoms with Gasteiger partial charge in [0.25, 0.3) is 5.69 Å². The van der Waals surface area contributed by atoms with Gasteiger partial charge in [0, 0.05) is 42.7 Å². The Balaban J connectivity index is 1.97. The fraction of sp³-hybridized carbons (Fsp3) is 0.450. The summed E-state index contributed by atoms with van der Waals surface area (Å²) in [6.45, 7) is 7.72. The highest BCUT2D eigenvalue weighted by Gasteiger charge is 2.30. The summed E-state index contributed by atoms with van der Waals surface area (Å²) < 4.78 is 2.17. The number of nitrogens with zero attached hydrogens (tertiary/aromatic N) is 3. The summed E-state index contributed by atoms with van der Waals surface area (Å²) in [6, 6.07) is 10.5. The Morgan fingerprint density at radius 1 is 1.26 bits per heavy atom. The molecule has 1 aliphatic heterocycles. The molecule has 0 radical (unpaired) electrons. The number of hydrogen-bond donors (Lipinski definition) is 1. The quantitative estimate of drug-likeness (QED) is 0.662. The lowest BCUT2D eigenvalue weighted by Crippen LogP contribution is -2.46. The molecule has 0 spiro atoms. The maximum atomic E-state index is 12.6. The van der Waals surface area contributed by atoms with Crippen LogP contribution >= 0.6 is 0 Å². The number of nitrogens with one attached hydrogen (secondary N) is 1. The number of carbonyl (C=O) groups is 1. The van der Waals surface area contributed by atoms with Gasteiger partial charge in [-0.15, -0.1) is 0 Å². The SMILES string of the molecule is CC(C)(C)NC(=O)CN1CCCn2cccc2C1c1cccc([N+](=O)[O-])c1. The lowest BCUT2D eigenvalue weighted by Gasteiger charge is -2.31. The number of aryl methyl sites for hydroxylation is 1. The molecular formula is C20H26N4O3. The summed E-state index contributed by atoms with van der Waals surface area (Å²) in [5, 5.41) is 14.2. The summed E-state index contributed by atoms with van der Waals surface area (Å²) in [7, 11) is 0. The van der Waals surface area contributed by atoms with E-state index in [1.54, 1.807) is 12.1 Å². The third-order valence-corrected chi connectivity index (χ3v) is 4.61. The van der Waals surface area contributed by atoms with Crippen molar-refractivity contribution in [2.45, 2.75) is 45.3 Å². The van der Waals surface area contributed by atoms with Gasteiger partial charge in [-0.25, -0.2) is 0 Å². The Morgan fingerprint density at radius 2 is 2.04 bits per heavy atom. The van der Waals surface area contributed by atoms with Crippen LogP contribution in [0.25, 0.3) is 0 Å². The fourth-order valence-electron chi connectivity index (χ4n) is 3.64. The van der Waals surface area contributed by atoms with Gasteiger partial charge in [-0.1, -0.05) is 12.1 Å². The van der Waals surface area contributed by atoms with Crippen LogP contribution in [0.2, 0.25) is 0 Å². The van der Waals surface area contributed by atoms with E-state index in [0.717, 1.165) is 30.8 Å². The van der Waals surface area contributed by atoms with Crippen molar-refractivity contribution in [3.8, 4) is 0 Å². The van der Waals surface area contributed by atoms with E-state index < -0.39 is 0 Å². The van der Waals surface area contributed by atoms with Crippen molar-refractivity contribution < 1.29 is 9.72 Å². The number of rotatable bonds is 4. The predicted molar refractivity (Wildman–Crippen MR) is 103 cm³/mol. The molecule has 1 unspecified atom stereocenters. The topological polar surface area (TPSA) is 80.4 Å². The average molecular weight is 370 g/mol. The Labute approximate surface area is 159 Å². The molecule has 1 N–H and O–H groups in total. The molecular weight excluding hydrogens is 344 g/mol. The molecule has 0 fully saturated rings. The van der Waals surface area contributed by atoms with E-state index in [1.165, 1.54) is 6.07 Å². The minimum atomic E-state index is -0.379. The number of hydrogen-bond acceptors (Lipinski definition) is 4. The maximum Gasteiger partial charge on any atom is 0.269 e. The standard InChI is InChI=1S/C20H26N4O3/c1-20(2,3)21-18(25)14-23-12-6-11-22-10-5-9-17(22)19(23)15-7-4-8-16(13-15)24(26)27/h4-5,7-10,13,19H,6,11-12,14H2,1-3H3,(H,21,25). The summed E-state index contributed by atoms with van der Waals surface area (Å²) in [5.41, 5.74) is 1.64. The van der Waals surface area contributed by atoms with E-state index in [-0.39, 0.29) is 34.6 Å². The van der Waals surface area contributed by atoms with Crippen molar-refractivity contribution in [2.24, 2.45) is 0 Å². The molecule has 2 heterocycles. The molecule has 7 nitrogen and oxygen atoms in total. The highest BCUT2D eigenvalue weighted by atomic mass is 16.6. The second-order valence-corrected chi connectivity index (χ2v) is 8.00. The first kappa shape index (κ1) is 19.1. The van der Waals surface area contributed by atoms with E-state index in [0.29, 0.717) is 0 Å². The minimum Gasteiger partial charge on any atom is -0.350 e. The number of fused-ring (bicyclic) bond motifs is 1. The Bertz CT molecular complexity index is 838. The zero-order chi connectivity index (χ0) is 19.6. The van der Waals surface area contributed by atoms with E-state index in [4.69, 9.17) is 0 Å². The highest BCUT2D eigenvalue weighted by molar-refractivity contribution is 5.78. The van der Waals surface area contributed by atoms with Crippen molar-refractivity contribution in [2.75, 3.05) is 13.1 Å². The molecule has 1 aromatic heterocycles. The number of nitro groups is 1. The van der Waals surface area contributed by atoms with Crippen molar-refractivity contribution in [3.63, 3.8) is 0 Å². The Kier molecular flexibility index (Phi) is 5.32. The van der Waals surface area contributed by atoms with Crippen LogP contribution in [0.5, 0.6) is 0 Å². The molecule has 1 amide bonds.